The SMILES string of the molecule is CC[C@H](C)NC(=O)[C@@H](Cc1ccccc1)N(Cc1ccccc1F)C(=O)CCCN(c1cccc(C(F)(F)F)c1)S(C)(=O)=O. The van der Waals surface area contributed by atoms with Gasteiger partial charge < -0.3 is 10.2 Å². The zero-order valence-electron chi connectivity index (χ0n) is 24.9. The smallest absolute Gasteiger partial charge is 0.352 e. The molecule has 0 fully saturated rings. The van der Waals surface area contributed by atoms with Gasteiger partial charge in [0.25, 0.3) is 0 Å². The lowest BCUT2D eigenvalue weighted by Gasteiger charge is -2.33. The molecule has 0 aliphatic rings. The van der Waals surface area contributed by atoms with E-state index in [1.807, 2.05) is 32.0 Å². The predicted octanol–water partition coefficient (Wildman–Crippen LogP) is 5.95. The number of halogens is 4. The second-order valence-electron chi connectivity index (χ2n) is 10.6. The number of carbonyl (C=O) groups is 2. The van der Waals surface area contributed by atoms with Gasteiger partial charge in [-0.3, -0.25) is 13.9 Å². The third-order valence-corrected chi connectivity index (χ3v) is 8.38. The highest BCUT2D eigenvalue weighted by Crippen LogP contribution is 2.32. The van der Waals surface area contributed by atoms with Crippen molar-refractivity contribution in [2.45, 2.75) is 64.3 Å². The number of rotatable bonds is 14. The Kier molecular flexibility index (Phi) is 11.9. The summed E-state index contributed by atoms with van der Waals surface area (Å²) in [7, 11) is -4.01. The number of alkyl halides is 3. The molecule has 0 spiro atoms. The van der Waals surface area contributed by atoms with E-state index in [0.717, 1.165) is 34.3 Å². The molecular formula is C32H37F4N3O4S. The Hall–Kier alpha value is -3.93. The summed E-state index contributed by atoms with van der Waals surface area (Å²) in [6.45, 7) is 3.22. The van der Waals surface area contributed by atoms with Crippen molar-refractivity contribution in [3.8, 4) is 0 Å². The molecule has 0 saturated heterocycles. The normalized spacial score (nSPS) is 13.2. The van der Waals surface area contributed by atoms with Crippen molar-refractivity contribution in [2.24, 2.45) is 0 Å². The molecule has 0 bridgehead atoms. The van der Waals surface area contributed by atoms with Crippen LogP contribution in [0, 0.1) is 5.82 Å². The number of amides is 2. The average molecular weight is 636 g/mol. The van der Waals surface area contributed by atoms with Crippen molar-refractivity contribution in [3.63, 3.8) is 0 Å². The molecule has 238 valence electrons. The van der Waals surface area contributed by atoms with E-state index < -0.39 is 45.4 Å². The quantitative estimate of drug-likeness (QED) is 0.222. The first-order valence-electron chi connectivity index (χ1n) is 14.2. The predicted molar refractivity (Wildman–Crippen MR) is 162 cm³/mol. The van der Waals surface area contributed by atoms with E-state index in [0.29, 0.717) is 6.42 Å². The number of nitrogens with one attached hydrogen (secondary N) is 1. The van der Waals surface area contributed by atoms with Gasteiger partial charge in [-0.05, 0) is 49.6 Å². The Morgan fingerprint density at radius 2 is 1.61 bits per heavy atom. The highest BCUT2D eigenvalue weighted by atomic mass is 32.2. The minimum atomic E-state index is -4.67. The lowest BCUT2D eigenvalue weighted by molar-refractivity contribution is -0.141. The number of sulfonamides is 1. The molecule has 3 rings (SSSR count). The molecule has 12 heteroatoms. The molecule has 0 radical (unpaired) electrons. The Morgan fingerprint density at radius 1 is 0.955 bits per heavy atom. The van der Waals surface area contributed by atoms with Gasteiger partial charge in [-0.2, -0.15) is 13.2 Å². The Balaban J connectivity index is 1.91. The van der Waals surface area contributed by atoms with E-state index in [-0.39, 0.29) is 49.6 Å². The third kappa shape index (κ3) is 9.80. The fourth-order valence-corrected chi connectivity index (χ4v) is 5.60. The van der Waals surface area contributed by atoms with Crippen molar-refractivity contribution < 1.29 is 35.6 Å². The van der Waals surface area contributed by atoms with Crippen LogP contribution in [0.15, 0.2) is 78.9 Å². The fourth-order valence-electron chi connectivity index (χ4n) is 4.65. The van der Waals surface area contributed by atoms with Gasteiger partial charge in [-0.15, -0.1) is 0 Å². The Morgan fingerprint density at radius 3 is 2.23 bits per heavy atom. The molecule has 3 aromatic carbocycles. The Bertz CT molecular complexity index is 1520. The number of hydrogen-bond donors (Lipinski definition) is 1. The van der Waals surface area contributed by atoms with E-state index >= 15 is 0 Å². The standard InChI is InChI=1S/C32H37F4N3O4S/c1-4-23(2)37-31(41)29(20-24-12-6-5-7-13-24)38(22-25-14-8-9-17-28(25)33)30(40)18-11-19-39(44(3,42)43)27-16-10-15-26(21-27)32(34,35)36/h5-10,12-17,21,23,29H,4,11,18-20,22H2,1-3H3,(H,37,41)/t23-,29+/m0/s1. The van der Waals surface area contributed by atoms with Gasteiger partial charge in [0.05, 0.1) is 17.5 Å². The summed E-state index contributed by atoms with van der Waals surface area (Å²) in [5.41, 5.74) is -0.229. The minimum absolute atomic E-state index is 0.0685. The van der Waals surface area contributed by atoms with Crippen LogP contribution in [-0.2, 0) is 38.8 Å². The highest BCUT2D eigenvalue weighted by molar-refractivity contribution is 7.92. The van der Waals surface area contributed by atoms with Crippen LogP contribution in [0.4, 0.5) is 23.2 Å². The molecule has 1 N–H and O–H groups in total. The molecule has 2 atom stereocenters. The van der Waals surface area contributed by atoms with Gasteiger partial charge in [0.2, 0.25) is 21.8 Å². The average Bonchev–Trinajstić information content (AvgIpc) is 2.97. The second-order valence-corrected chi connectivity index (χ2v) is 12.5. The van der Waals surface area contributed by atoms with Crippen molar-refractivity contribution in [2.75, 3.05) is 17.1 Å². The first-order valence-corrected chi connectivity index (χ1v) is 16.1. The summed E-state index contributed by atoms with van der Waals surface area (Å²) in [5, 5.41) is 2.91. The van der Waals surface area contributed by atoms with Crippen LogP contribution in [0.25, 0.3) is 0 Å². The summed E-state index contributed by atoms with van der Waals surface area (Å²) < 4.78 is 80.6. The van der Waals surface area contributed by atoms with Crippen molar-refractivity contribution in [3.05, 3.63) is 101 Å². The molecule has 0 aliphatic heterocycles. The lowest BCUT2D eigenvalue weighted by Crippen LogP contribution is -2.52. The number of carbonyl (C=O) groups excluding carboxylic acids is 2. The molecule has 2 amide bonds. The van der Waals surface area contributed by atoms with Gasteiger partial charge >= 0.3 is 6.18 Å². The monoisotopic (exact) mass is 635 g/mol. The van der Waals surface area contributed by atoms with E-state index in [9.17, 15) is 35.6 Å². The first kappa shape index (κ1) is 34.6. The minimum Gasteiger partial charge on any atom is -0.352 e. The Labute approximate surface area is 255 Å². The molecule has 0 heterocycles. The largest absolute Gasteiger partial charge is 0.416 e. The summed E-state index contributed by atoms with van der Waals surface area (Å²) in [6.07, 6.45) is -3.34. The van der Waals surface area contributed by atoms with Crippen LogP contribution in [0.3, 0.4) is 0 Å². The lowest BCUT2D eigenvalue weighted by atomic mass is 10.0. The van der Waals surface area contributed by atoms with Crippen LogP contribution >= 0.6 is 0 Å². The molecule has 0 aliphatic carbocycles. The maximum absolute atomic E-state index is 14.8. The summed E-state index contributed by atoms with van der Waals surface area (Å²) in [5.74, 6) is -1.51. The fraction of sp³-hybridized carbons (Fsp3) is 0.375. The van der Waals surface area contributed by atoms with Gasteiger partial charge in [0, 0.05) is 37.5 Å². The zero-order chi connectivity index (χ0) is 32.5. The number of benzene rings is 3. The summed E-state index contributed by atoms with van der Waals surface area (Å²) >= 11 is 0. The second kappa shape index (κ2) is 15.2. The molecule has 44 heavy (non-hydrogen) atoms. The van der Waals surface area contributed by atoms with Crippen molar-refractivity contribution >= 4 is 27.5 Å². The summed E-state index contributed by atoms with van der Waals surface area (Å²) in [6, 6.07) is 17.7. The van der Waals surface area contributed by atoms with Gasteiger partial charge in [0.15, 0.2) is 0 Å². The van der Waals surface area contributed by atoms with Crippen molar-refractivity contribution in [1.29, 1.82) is 0 Å². The van der Waals surface area contributed by atoms with Gasteiger partial charge in [0.1, 0.15) is 11.9 Å². The van der Waals surface area contributed by atoms with Crippen LogP contribution in [-0.4, -0.2) is 50.0 Å². The number of anilines is 1. The van der Waals surface area contributed by atoms with Crippen LogP contribution in [0.2, 0.25) is 0 Å². The van der Waals surface area contributed by atoms with E-state index in [1.165, 1.54) is 29.2 Å². The van der Waals surface area contributed by atoms with Gasteiger partial charge in [-0.25, -0.2) is 12.8 Å². The molecule has 3 aromatic rings. The number of nitrogens with zero attached hydrogens (tertiary/aromatic N) is 2. The van der Waals surface area contributed by atoms with E-state index in [2.05, 4.69) is 5.32 Å². The molecule has 0 aromatic heterocycles. The number of hydrogen-bond acceptors (Lipinski definition) is 4. The molecular weight excluding hydrogens is 598 g/mol. The van der Waals surface area contributed by atoms with E-state index in [4.69, 9.17) is 0 Å². The molecule has 0 saturated carbocycles. The molecule has 0 unspecified atom stereocenters. The van der Waals surface area contributed by atoms with Crippen LogP contribution in [0.5, 0.6) is 0 Å². The topological polar surface area (TPSA) is 86.8 Å². The van der Waals surface area contributed by atoms with Crippen molar-refractivity contribution in [1.82, 2.24) is 10.2 Å². The highest BCUT2D eigenvalue weighted by Gasteiger charge is 2.33. The summed E-state index contributed by atoms with van der Waals surface area (Å²) in [4.78, 5) is 28.7. The van der Waals surface area contributed by atoms with Crippen LogP contribution in [0.1, 0.15) is 49.8 Å². The zero-order valence-corrected chi connectivity index (χ0v) is 25.7. The molecule has 7 nitrogen and oxygen atoms in total. The van der Waals surface area contributed by atoms with Gasteiger partial charge in [-0.1, -0.05) is 61.5 Å². The first-order chi connectivity index (χ1) is 20.7. The maximum Gasteiger partial charge on any atom is 0.416 e. The maximum atomic E-state index is 14.8. The van der Waals surface area contributed by atoms with Crippen LogP contribution < -0.4 is 9.62 Å². The third-order valence-electron chi connectivity index (χ3n) is 7.18. The van der Waals surface area contributed by atoms with E-state index in [1.54, 1.807) is 18.2 Å².